The van der Waals surface area contributed by atoms with Crippen LogP contribution in [0.15, 0.2) is 18.2 Å². The molecule has 3 N–H and O–H groups in total. The van der Waals surface area contributed by atoms with Gasteiger partial charge in [0.05, 0.1) is 12.8 Å². The molecule has 98 valence electrons. The summed E-state index contributed by atoms with van der Waals surface area (Å²) in [7, 11) is 1.48. The molecule has 1 rings (SSSR count). The molecule has 0 saturated carbocycles. The molecule has 0 fully saturated rings. The number of nitrogens with one attached hydrogen (secondary N) is 1. The van der Waals surface area contributed by atoms with E-state index < -0.39 is 5.82 Å². The molecule has 0 aromatic heterocycles. The van der Waals surface area contributed by atoms with E-state index in [9.17, 15) is 9.18 Å². The summed E-state index contributed by atoms with van der Waals surface area (Å²) in [6.45, 7) is 1.98. The number of rotatable bonds is 5. The fraction of sp³-hybridized carbons (Fsp3) is 0.308. The molecule has 4 nitrogen and oxygen atoms in total. The number of carbonyl (C=O) groups excluding carboxylic acids is 1. The molecule has 0 bridgehead atoms. The number of hydrogen-bond donors (Lipinski definition) is 2. The Morgan fingerprint density at radius 1 is 1.56 bits per heavy atom. The van der Waals surface area contributed by atoms with Gasteiger partial charge in [-0.1, -0.05) is 12.2 Å². The quantitative estimate of drug-likeness (QED) is 0.622. The van der Waals surface area contributed by atoms with Crippen molar-refractivity contribution in [2.75, 3.05) is 19.4 Å². The van der Waals surface area contributed by atoms with Crippen LogP contribution >= 0.6 is 0 Å². The van der Waals surface area contributed by atoms with Gasteiger partial charge in [-0.3, -0.25) is 4.79 Å². The lowest BCUT2D eigenvalue weighted by atomic mass is 10.1. The number of methoxy groups -OCH3 is 1. The molecular formula is C13H17FN2O2. The molecule has 1 aromatic rings. The third-order valence-corrected chi connectivity index (χ3v) is 2.33. The first-order chi connectivity index (χ1) is 8.54. The number of anilines is 1. The van der Waals surface area contributed by atoms with Gasteiger partial charge in [0.2, 0.25) is 5.91 Å². The SMILES string of the molecule is COc1cc(C=CCCNC(C)=O)c(F)cc1N. The summed E-state index contributed by atoms with van der Waals surface area (Å²) in [5, 5.41) is 2.65. The van der Waals surface area contributed by atoms with E-state index in [-0.39, 0.29) is 11.6 Å². The normalized spacial score (nSPS) is 10.6. The van der Waals surface area contributed by atoms with E-state index in [0.29, 0.717) is 24.3 Å². The number of halogens is 1. The van der Waals surface area contributed by atoms with Gasteiger partial charge >= 0.3 is 0 Å². The van der Waals surface area contributed by atoms with Crippen LogP contribution < -0.4 is 15.8 Å². The maximum atomic E-state index is 13.5. The summed E-state index contributed by atoms with van der Waals surface area (Å²) in [5.74, 6) is -0.0364. The lowest BCUT2D eigenvalue weighted by molar-refractivity contribution is -0.118. The van der Waals surface area contributed by atoms with Crippen LogP contribution in [0.2, 0.25) is 0 Å². The third kappa shape index (κ3) is 4.08. The lowest BCUT2D eigenvalue weighted by Gasteiger charge is -2.06. The molecule has 18 heavy (non-hydrogen) atoms. The molecule has 0 unspecified atom stereocenters. The first kappa shape index (κ1) is 14.0. The maximum Gasteiger partial charge on any atom is 0.216 e. The minimum atomic E-state index is -0.399. The summed E-state index contributed by atoms with van der Waals surface area (Å²) in [6.07, 6.45) is 4.05. The van der Waals surface area contributed by atoms with E-state index in [1.54, 1.807) is 18.2 Å². The first-order valence-corrected chi connectivity index (χ1v) is 5.58. The van der Waals surface area contributed by atoms with Crippen molar-refractivity contribution in [1.29, 1.82) is 0 Å². The Bertz CT molecular complexity index is 459. The molecule has 5 heteroatoms. The van der Waals surface area contributed by atoms with Crippen LogP contribution in [-0.4, -0.2) is 19.6 Å². The fourth-order valence-electron chi connectivity index (χ4n) is 1.43. The van der Waals surface area contributed by atoms with Crippen LogP contribution in [0.25, 0.3) is 6.08 Å². The number of carbonyl (C=O) groups is 1. The van der Waals surface area contributed by atoms with Crippen LogP contribution in [0.5, 0.6) is 5.75 Å². The first-order valence-electron chi connectivity index (χ1n) is 5.58. The number of nitrogen functional groups attached to an aromatic ring is 1. The summed E-state index contributed by atoms with van der Waals surface area (Å²) in [5.41, 5.74) is 6.25. The molecule has 0 saturated heterocycles. The highest BCUT2D eigenvalue weighted by Gasteiger charge is 2.05. The zero-order chi connectivity index (χ0) is 13.5. The highest BCUT2D eigenvalue weighted by atomic mass is 19.1. The van der Waals surface area contributed by atoms with Gasteiger partial charge in [-0.25, -0.2) is 4.39 Å². The molecule has 0 atom stereocenters. The molecule has 0 aliphatic carbocycles. The maximum absolute atomic E-state index is 13.5. The average Bonchev–Trinajstić information content (AvgIpc) is 2.30. The molecule has 0 radical (unpaired) electrons. The van der Waals surface area contributed by atoms with E-state index in [1.165, 1.54) is 20.1 Å². The highest BCUT2D eigenvalue weighted by Crippen LogP contribution is 2.25. The van der Waals surface area contributed by atoms with Crippen LogP contribution in [0.4, 0.5) is 10.1 Å². The van der Waals surface area contributed by atoms with Gasteiger partial charge in [0, 0.05) is 25.1 Å². The Morgan fingerprint density at radius 3 is 2.89 bits per heavy atom. The van der Waals surface area contributed by atoms with E-state index in [2.05, 4.69) is 5.32 Å². The van der Waals surface area contributed by atoms with Crippen molar-refractivity contribution in [2.24, 2.45) is 0 Å². The van der Waals surface area contributed by atoms with E-state index >= 15 is 0 Å². The predicted molar refractivity (Wildman–Crippen MR) is 69.7 cm³/mol. The fourth-order valence-corrected chi connectivity index (χ4v) is 1.43. The number of amides is 1. The van der Waals surface area contributed by atoms with E-state index in [1.807, 2.05) is 0 Å². The Morgan fingerprint density at radius 2 is 2.28 bits per heavy atom. The van der Waals surface area contributed by atoms with Gasteiger partial charge < -0.3 is 15.8 Å². The molecule has 0 aliphatic heterocycles. The molecule has 1 aromatic carbocycles. The standard InChI is InChI=1S/C13H17FN2O2/c1-9(17)16-6-4-3-5-10-7-13(18-2)12(15)8-11(10)14/h3,5,7-8H,4,6,15H2,1-2H3,(H,16,17). The van der Waals surface area contributed by atoms with Crippen molar-refractivity contribution in [3.8, 4) is 5.75 Å². The Hall–Kier alpha value is -2.04. The zero-order valence-corrected chi connectivity index (χ0v) is 10.5. The van der Waals surface area contributed by atoms with Gasteiger partial charge in [0.1, 0.15) is 11.6 Å². The second-order valence-electron chi connectivity index (χ2n) is 3.79. The minimum absolute atomic E-state index is 0.0799. The molecule has 0 aliphatic rings. The second-order valence-corrected chi connectivity index (χ2v) is 3.79. The van der Waals surface area contributed by atoms with Gasteiger partial charge in [-0.2, -0.15) is 0 Å². The topological polar surface area (TPSA) is 64.3 Å². The highest BCUT2D eigenvalue weighted by molar-refractivity contribution is 5.72. The molecule has 0 spiro atoms. The molecule has 1 amide bonds. The Kier molecular flexibility index (Phi) is 5.17. The predicted octanol–water partition coefficient (Wildman–Crippen LogP) is 1.96. The van der Waals surface area contributed by atoms with E-state index in [0.717, 1.165) is 0 Å². The van der Waals surface area contributed by atoms with Crippen molar-refractivity contribution >= 4 is 17.7 Å². The monoisotopic (exact) mass is 252 g/mol. The summed E-state index contributed by atoms with van der Waals surface area (Å²) in [4.78, 5) is 10.6. The molecular weight excluding hydrogens is 235 g/mol. The Labute approximate surface area is 106 Å². The largest absolute Gasteiger partial charge is 0.495 e. The second kappa shape index (κ2) is 6.64. The third-order valence-electron chi connectivity index (χ3n) is 2.33. The number of benzene rings is 1. The van der Waals surface area contributed by atoms with Crippen LogP contribution in [-0.2, 0) is 4.79 Å². The number of nitrogens with two attached hydrogens (primary N) is 1. The van der Waals surface area contributed by atoms with Crippen molar-refractivity contribution in [3.05, 3.63) is 29.6 Å². The Balaban J connectivity index is 2.66. The summed E-state index contributed by atoms with van der Waals surface area (Å²) < 4.78 is 18.6. The van der Waals surface area contributed by atoms with Crippen molar-refractivity contribution in [1.82, 2.24) is 5.32 Å². The van der Waals surface area contributed by atoms with Crippen LogP contribution in [0, 0.1) is 5.82 Å². The lowest BCUT2D eigenvalue weighted by Crippen LogP contribution is -2.20. The number of ether oxygens (including phenoxy) is 1. The minimum Gasteiger partial charge on any atom is -0.495 e. The smallest absolute Gasteiger partial charge is 0.216 e. The number of hydrogen-bond acceptors (Lipinski definition) is 3. The summed E-state index contributed by atoms with van der Waals surface area (Å²) in [6, 6.07) is 2.77. The van der Waals surface area contributed by atoms with Gasteiger partial charge in [0.15, 0.2) is 0 Å². The molecule has 0 heterocycles. The van der Waals surface area contributed by atoms with Crippen molar-refractivity contribution in [3.63, 3.8) is 0 Å². The summed E-state index contributed by atoms with van der Waals surface area (Å²) >= 11 is 0. The van der Waals surface area contributed by atoms with E-state index in [4.69, 9.17) is 10.5 Å². The van der Waals surface area contributed by atoms with Gasteiger partial charge in [-0.05, 0) is 12.5 Å². The van der Waals surface area contributed by atoms with Crippen LogP contribution in [0.3, 0.4) is 0 Å². The van der Waals surface area contributed by atoms with Crippen molar-refractivity contribution < 1.29 is 13.9 Å². The van der Waals surface area contributed by atoms with Gasteiger partial charge in [-0.15, -0.1) is 0 Å². The average molecular weight is 252 g/mol. The van der Waals surface area contributed by atoms with Crippen molar-refractivity contribution in [2.45, 2.75) is 13.3 Å². The van der Waals surface area contributed by atoms with Gasteiger partial charge in [0.25, 0.3) is 0 Å². The van der Waals surface area contributed by atoms with Crippen LogP contribution in [0.1, 0.15) is 18.9 Å². The zero-order valence-electron chi connectivity index (χ0n) is 10.5.